The molecule has 3 aromatic rings. The molecule has 36 heavy (non-hydrogen) atoms. The first-order valence-corrected chi connectivity index (χ1v) is 13.6. The van der Waals surface area contributed by atoms with Crippen LogP contribution in [-0.2, 0) is 16.3 Å². The highest BCUT2D eigenvalue weighted by Gasteiger charge is 2.74. The molecule has 0 bridgehead atoms. The second kappa shape index (κ2) is 7.83. The number of nitrogens with zero attached hydrogens (tertiary/aromatic N) is 3. The minimum atomic E-state index is -3.32. The maximum atomic E-state index is 14.2. The van der Waals surface area contributed by atoms with E-state index in [-0.39, 0.29) is 23.4 Å². The molecule has 2 aromatic heterocycles. The first-order chi connectivity index (χ1) is 17.1. The largest absolute Gasteiger partial charge is 0.318 e. The summed E-state index contributed by atoms with van der Waals surface area (Å²) < 4.78 is 55.9. The Kier molecular flexibility index (Phi) is 5.02. The lowest BCUT2D eigenvalue weighted by molar-refractivity contribution is 0.0757. The van der Waals surface area contributed by atoms with Gasteiger partial charge in [-0.15, -0.1) is 0 Å². The minimum absolute atomic E-state index is 0.0187. The van der Waals surface area contributed by atoms with Crippen molar-refractivity contribution < 1.29 is 22.0 Å². The summed E-state index contributed by atoms with van der Waals surface area (Å²) >= 11 is 0. The molecule has 8 nitrogen and oxygen atoms in total. The molecule has 3 atom stereocenters. The number of aromatic nitrogens is 4. The number of rotatable bonds is 5. The van der Waals surface area contributed by atoms with Gasteiger partial charge in [-0.1, -0.05) is 36.8 Å². The Morgan fingerprint density at radius 3 is 2.78 bits per heavy atom. The Labute approximate surface area is 206 Å². The Bertz CT molecular complexity index is 1490. The maximum absolute atomic E-state index is 14.2. The van der Waals surface area contributed by atoms with Gasteiger partial charge in [0, 0.05) is 29.4 Å². The Morgan fingerprint density at radius 1 is 1.25 bits per heavy atom. The van der Waals surface area contributed by atoms with Gasteiger partial charge in [0.15, 0.2) is 15.5 Å². The summed E-state index contributed by atoms with van der Waals surface area (Å²) in [5.41, 5.74) is 0.889. The van der Waals surface area contributed by atoms with Crippen LogP contribution in [0, 0.1) is 5.41 Å². The van der Waals surface area contributed by atoms with E-state index in [1.54, 1.807) is 10.9 Å². The SMILES string of the molecule is C[C@@]12Cc3[nH]nc(C(=O)Nc4cnn([C@H](c5ccccc5)[C@H]5CCCCS5(=O)=O)c4)c3C=C1C2(F)F. The topological polar surface area (TPSA) is 110 Å². The number of hydrogen-bond acceptors (Lipinski definition) is 5. The third kappa shape index (κ3) is 3.43. The van der Waals surface area contributed by atoms with Crippen molar-refractivity contribution in [2.45, 2.75) is 49.8 Å². The molecule has 2 N–H and O–H groups in total. The van der Waals surface area contributed by atoms with Crippen molar-refractivity contribution in [2.75, 3.05) is 11.1 Å². The summed E-state index contributed by atoms with van der Waals surface area (Å²) in [6.45, 7) is 1.51. The molecule has 188 valence electrons. The molecule has 11 heteroatoms. The maximum Gasteiger partial charge on any atom is 0.279 e. The third-order valence-electron chi connectivity index (χ3n) is 7.75. The number of H-pyrrole nitrogens is 1. The van der Waals surface area contributed by atoms with Gasteiger partial charge in [-0.25, -0.2) is 17.2 Å². The van der Waals surface area contributed by atoms with Crippen molar-refractivity contribution in [2.24, 2.45) is 5.41 Å². The van der Waals surface area contributed by atoms with Gasteiger partial charge < -0.3 is 5.32 Å². The van der Waals surface area contributed by atoms with E-state index in [4.69, 9.17) is 0 Å². The number of benzene rings is 1. The molecule has 1 amide bonds. The summed E-state index contributed by atoms with van der Waals surface area (Å²) in [7, 11) is -3.32. The number of aromatic amines is 1. The highest BCUT2D eigenvalue weighted by atomic mass is 32.2. The molecule has 2 aliphatic carbocycles. The smallest absolute Gasteiger partial charge is 0.279 e. The number of sulfone groups is 1. The molecule has 1 aliphatic heterocycles. The fraction of sp³-hybridized carbons (Fsp3) is 0.400. The van der Waals surface area contributed by atoms with Gasteiger partial charge in [-0.3, -0.25) is 14.6 Å². The molecule has 1 saturated carbocycles. The van der Waals surface area contributed by atoms with Gasteiger partial charge in [0.2, 0.25) is 0 Å². The van der Waals surface area contributed by atoms with E-state index in [1.165, 1.54) is 19.2 Å². The zero-order valence-corrected chi connectivity index (χ0v) is 20.4. The average Bonchev–Trinajstić information content (AvgIpc) is 3.26. The lowest BCUT2D eigenvalue weighted by Gasteiger charge is -2.30. The van der Waals surface area contributed by atoms with Crippen LogP contribution in [0.25, 0.3) is 6.08 Å². The quantitative estimate of drug-likeness (QED) is 0.536. The molecule has 0 radical (unpaired) electrons. The lowest BCUT2D eigenvalue weighted by atomic mass is 9.93. The number of anilines is 1. The molecule has 6 rings (SSSR count). The molecule has 3 aliphatic rings. The van der Waals surface area contributed by atoms with Crippen molar-refractivity contribution in [3.05, 3.63) is 70.8 Å². The minimum Gasteiger partial charge on any atom is -0.318 e. The van der Waals surface area contributed by atoms with Crippen molar-refractivity contribution >= 4 is 27.5 Å². The molecular weight excluding hydrogens is 488 g/mol. The fourth-order valence-electron chi connectivity index (χ4n) is 5.60. The second-order valence-corrected chi connectivity index (χ2v) is 12.4. The van der Waals surface area contributed by atoms with E-state index in [0.717, 1.165) is 12.0 Å². The van der Waals surface area contributed by atoms with E-state index < -0.39 is 38.4 Å². The van der Waals surface area contributed by atoms with Crippen molar-refractivity contribution in [3.63, 3.8) is 0 Å². The van der Waals surface area contributed by atoms with Gasteiger partial charge in [-0.05, 0) is 31.4 Å². The van der Waals surface area contributed by atoms with Gasteiger partial charge in [-0.2, -0.15) is 10.2 Å². The zero-order chi connectivity index (χ0) is 25.3. The van der Waals surface area contributed by atoms with E-state index in [9.17, 15) is 22.0 Å². The van der Waals surface area contributed by atoms with Crippen LogP contribution in [0.3, 0.4) is 0 Å². The van der Waals surface area contributed by atoms with E-state index in [0.29, 0.717) is 29.8 Å². The number of fused-ring (bicyclic) bond motifs is 2. The second-order valence-electron chi connectivity index (χ2n) is 10.0. The molecule has 3 heterocycles. The summed E-state index contributed by atoms with van der Waals surface area (Å²) in [5, 5.41) is 13.3. The highest BCUT2D eigenvalue weighted by molar-refractivity contribution is 7.92. The van der Waals surface area contributed by atoms with Crippen LogP contribution in [-0.4, -0.2) is 51.2 Å². The predicted molar refractivity (Wildman–Crippen MR) is 130 cm³/mol. The number of allylic oxidation sites excluding steroid dienone is 1. The first-order valence-electron chi connectivity index (χ1n) is 11.9. The average molecular weight is 514 g/mol. The number of carbonyl (C=O) groups is 1. The summed E-state index contributed by atoms with van der Waals surface area (Å²) in [6.07, 6.45) is 6.50. The summed E-state index contributed by atoms with van der Waals surface area (Å²) in [6, 6.07) is 8.78. The zero-order valence-electron chi connectivity index (χ0n) is 19.5. The molecular formula is C25H25F2N5O3S. The number of halogens is 2. The van der Waals surface area contributed by atoms with E-state index in [1.807, 2.05) is 30.3 Å². The van der Waals surface area contributed by atoms with Crippen LogP contribution in [0.2, 0.25) is 0 Å². The summed E-state index contributed by atoms with van der Waals surface area (Å²) in [4.78, 5) is 13.0. The van der Waals surface area contributed by atoms with Gasteiger partial charge in [0.05, 0.1) is 34.3 Å². The van der Waals surface area contributed by atoms with Gasteiger partial charge >= 0.3 is 0 Å². The lowest BCUT2D eigenvalue weighted by Crippen LogP contribution is -2.37. The number of alkyl halides is 2. The molecule has 0 unspecified atom stereocenters. The standard InChI is InChI=1S/C25H25F2N5O3S/c1-24-12-18-17(11-20(24)25(24,26)27)21(31-30-18)23(33)29-16-13-28-32(14-16)22(15-7-3-2-4-8-15)19-9-5-6-10-36(19,34)35/h2-4,7-8,11,13-14,19,22H,5-6,9-10,12H2,1H3,(H,29,33)(H,30,31)/t19-,22-,24-/m1/s1. The van der Waals surface area contributed by atoms with Crippen LogP contribution in [0.4, 0.5) is 14.5 Å². The molecule has 0 spiro atoms. The monoisotopic (exact) mass is 513 g/mol. The van der Waals surface area contributed by atoms with E-state index >= 15 is 0 Å². The summed E-state index contributed by atoms with van der Waals surface area (Å²) in [5.74, 6) is -3.30. The fourth-order valence-corrected chi connectivity index (χ4v) is 7.71. The molecule has 1 aromatic carbocycles. The van der Waals surface area contributed by atoms with Crippen LogP contribution in [0.1, 0.15) is 59.5 Å². The van der Waals surface area contributed by atoms with Crippen LogP contribution >= 0.6 is 0 Å². The highest BCUT2D eigenvalue weighted by Crippen LogP contribution is 2.69. The van der Waals surface area contributed by atoms with Crippen LogP contribution in [0.15, 0.2) is 48.3 Å². The van der Waals surface area contributed by atoms with Gasteiger partial charge in [0.1, 0.15) is 0 Å². The van der Waals surface area contributed by atoms with Crippen molar-refractivity contribution in [1.82, 2.24) is 20.0 Å². The molecule has 2 fully saturated rings. The Morgan fingerprint density at radius 2 is 2.03 bits per heavy atom. The number of carbonyl (C=O) groups excluding carboxylic acids is 1. The third-order valence-corrected chi connectivity index (χ3v) is 10.0. The van der Waals surface area contributed by atoms with Gasteiger partial charge in [0.25, 0.3) is 11.8 Å². The number of amides is 1. The number of hydrogen-bond donors (Lipinski definition) is 2. The van der Waals surface area contributed by atoms with Crippen LogP contribution in [0.5, 0.6) is 0 Å². The van der Waals surface area contributed by atoms with Crippen LogP contribution < -0.4 is 5.32 Å². The first kappa shape index (κ1) is 23.1. The number of nitrogens with one attached hydrogen (secondary N) is 2. The Balaban J connectivity index is 1.28. The van der Waals surface area contributed by atoms with E-state index in [2.05, 4.69) is 20.6 Å². The normalized spacial score (nSPS) is 26.3. The Hall–Kier alpha value is -3.34. The predicted octanol–water partition coefficient (Wildman–Crippen LogP) is 4.01. The van der Waals surface area contributed by atoms with Crippen molar-refractivity contribution in [3.8, 4) is 0 Å². The van der Waals surface area contributed by atoms with Crippen molar-refractivity contribution in [1.29, 1.82) is 0 Å². The molecule has 1 saturated heterocycles.